The Labute approximate surface area is 196 Å². The maximum Gasteiger partial charge on any atom is 0.252 e. The van der Waals surface area contributed by atoms with E-state index in [0.717, 1.165) is 44.3 Å². The molecule has 2 aromatic rings. The topological polar surface area (TPSA) is 75.7 Å². The molecule has 0 unspecified atom stereocenters. The minimum absolute atomic E-state index is 0.0948. The molecule has 1 saturated heterocycles. The van der Waals surface area contributed by atoms with E-state index in [2.05, 4.69) is 12.2 Å². The second kappa shape index (κ2) is 11.7. The lowest BCUT2D eigenvalue weighted by Crippen LogP contribution is -2.32. The molecular weight excluding hydrogens is 448 g/mol. The van der Waals surface area contributed by atoms with Crippen LogP contribution in [0.4, 0.5) is 0 Å². The number of carbonyl (C=O) groups excluding carboxylic acids is 1. The molecule has 6 nitrogen and oxygen atoms in total. The third kappa shape index (κ3) is 6.47. The fraction of sp³-hybridized carbons (Fsp3) is 0.458. The molecule has 0 spiro atoms. The number of amides is 1. The van der Waals surface area contributed by atoms with Crippen molar-refractivity contribution in [1.82, 2.24) is 9.62 Å². The summed E-state index contributed by atoms with van der Waals surface area (Å²) in [6.45, 7) is 3.71. The second-order valence-corrected chi connectivity index (χ2v) is 10.3. The lowest BCUT2D eigenvalue weighted by molar-refractivity contribution is 0.0947. The van der Waals surface area contributed by atoms with Gasteiger partial charge in [-0.1, -0.05) is 49.9 Å². The lowest BCUT2D eigenvalue weighted by Gasteiger charge is -2.20. The third-order valence-corrected chi connectivity index (χ3v) is 7.73. The van der Waals surface area contributed by atoms with Gasteiger partial charge in [0.2, 0.25) is 10.0 Å². The van der Waals surface area contributed by atoms with Crippen molar-refractivity contribution in [2.75, 3.05) is 26.2 Å². The average Bonchev–Trinajstić information content (AvgIpc) is 3.08. The van der Waals surface area contributed by atoms with Crippen LogP contribution >= 0.6 is 11.6 Å². The van der Waals surface area contributed by atoms with Gasteiger partial charge in [-0.05, 0) is 55.2 Å². The van der Waals surface area contributed by atoms with Crippen molar-refractivity contribution in [3.05, 3.63) is 58.6 Å². The first-order chi connectivity index (χ1) is 15.4. The summed E-state index contributed by atoms with van der Waals surface area (Å²) >= 11 is 6.20. The maximum atomic E-state index is 13.0. The van der Waals surface area contributed by atoms with Gasteiger partial charge in [0.15, 0.2) is 0 Å². The van der Waals surface area contributed by atoms with Crippen molar-refractivity contribution < 1.29 is 17.9 Å². The second-order valence-electron chi connectivity index (χ2n) is 7.96. The van der Waals surface area contributed by atoms with Crippen LogP contribution in [0.1, 0.15) is 54.9 Å². The zero-order chi connectivity index (χ0) is 23.0. The molecule has 0 bridgehead atoms. The smallest absolute Gasteiger partial charge is 0.252 e. The Kier molecular flexibility index (Phi) is 8.96. The molecule has 2 aromatic carbocycles. The zero-order valence-corrected chi connectivity index (χ0v) is 20.1. The summed E-state index contributed by atoms with van der Waals surface area (Å²) in [5, 5.41) is 2.97. The van der Waals surface area contributed by atoms with Crippen molar-refractivity contribution in [2.24, 2.45) is 0 Å². The van der Waals surface area contributed by atoms with E-state index < -0.39 is 15.9 Å². The zero-order valence-electron chi connectivity index (χ0n) is 18.5. The Morgan fingerprint density at radius 1 is 1.06 bits per heavy atom. The van der Waals surface area contributed by atoms with Gasteiger partial charge in [-0.3, -0.25) is 4.79 Å². The minimum atomic E-state index is -3.66. The minimum Gasteiger partial charge on any atom is -0.492 e. The van der Waals surface area contributed by atoms with Crippen LogP contribution in [0.15, 0.2) is 47.4 Å². The third-order valence-electron chi connectivity index (χ3n) is 5.50. The number of hydrogen-bond donors (Lipinski definition) is 1. The van der Waals surface area contributed by atoms with E-state index in [1.54, 1.807) is 0 Å². The first kappa shape index (κ1) is 24.6. The molecular formula is C24H31ClN2O4S. The number of hydrogen-bond acceptors (Lipinski definition) is 4. The molecule has 3 rings (SSSR count). The van der Waals surface area contributed by atoms with E-state index in [1.807, 2.05) is 24.3 Å². The largest absolute Gasteiger partial charge is 0.492 e. The Balaban J connectivity index is 1.59. The van der Waals surface area contributed by atoms with E-state index in [9.17, 15) is 13.2 Å². The van der Waals surface area contributed by atoms with Gasteiger partial charge in [0.1, 0.15) is 12.4 Å². The number of ether oxygens (including phenoxy) is 1. The molecule has 1 aliphatic rings. The molecule has 32 heavy (non-hydrogen) atoms. The fourth-order valence-electron chi connectivity index (χ4n) is 3.74. The predicted molar refractivity (Wildman–Crippen MR) is 127 cm³/mol. The van der Waals surface area contributed by atoms with Crippen molar-refractivity contribution in [2.45, 2.75) is 50.3 Å². The number of nitrogens with zero attached hydrogens (tertiary/aromatic N) is 1. The van der Waals surface area contributed by atoms with E-state index >= 15 is 0 Å². The summed E-state index contributed by atoms with van der Waals surface area (Å²) in [6.07, 6.45) is 5.89. The van der Waals surface area contributed by atoms with Crippen LogP contribution in [0.5, 0.6) is 5.75 Å². The molecule has 0 saturated carbocycles. The number of rotatable bonds is 9. The molecule has 1 heterocycles. The highest BCUT2D eigenvalue weighted by atomic mass is 35.5. The van der Waals surface area contributed by atoms with Gasteiger partial charge in [-0.15, -0.1) is 0 Å². The maximum absolute atomic E-state index is 13.0. The molecule has 1 fully saturated rings. The predicted octanol–water partition coefficient (Wildman–Crippen LogP) is 4.67. The molecule has 1 N–H and O–H groups in total. The van der Waals surface area contributed by atoms with Crippen LogP contribution < -0.4 is 10.1 Å². The fourth-order valence-corrected chi connectivity index (χ4v) is 5.49. The van der Waals surface area contributed by atoms with E-state index in [-0.39, 0.29) is 22.0 Å². The monoisotopic (exact) mass is 478 g/mol. The van der Waals surface area contributed by atoms with E-state index in [1.165, 1.54) is 28.1 Å². The number of aryl methyl sites for hydroxylation is 1. The van der Waals surface area contributed by atoms with Crippen molar-refractivity contribution in [3.63, 3.8) is 0 Å². The van der Waals surface area contributed by atoms with Gasteiger partial charge in [0.05, 0.1) is 22.0 Å². The number of carbonyl (C=O) groups is 1. The van der Waals surface area contributed by atoms with Crippen LogP contribution in [0.25, 0.3) is 0 Å². The van der Waals surface area contributed by atoms with Gasteiger partial charge in [-0.25, -0.2) is 8.42 Å². The molecule has 0 aromatic heterocycles. The normalized spacial score (nSPS) is 15.2. The average molecular weight is 479 g/mol. The SMILES string of the molecule is CCCc1ccc(OCCNC(=O)c2cc(S(=O)(=O)N3CCCCCC3)ccc2Cl)cc1. The van der Waals surface area contributed by atoms with Gasteiger partial charge in [0, 0.05) is 13.1 Å². The van der Waals surface area contributed by atoms with E-state index in [4.69, 9.17) is 16.3 Å². The number of halogens is 1. The van der Waals surface area contributed by atoms with Crippen LogP contribution in [0.3, 0.4) is 0 Å². The Hall–Kier alpha value is -2.09. The summed E-state index contributed by atoms with van der Waals surface area (Å²) < 4.78 is 33.3. The Morgan fingerprint density at radius 3 is 2.41 bits per heavy atom. The van der Waals surface area contributed by atoms with Gasteiger partial charge in [0.25, 0.3) is 5.91 Å². The number of benzene rings is 2. The van der Waals surface area contributed by atoms with Crippen LogP contribution in [0.2, 0.25) is 5.02 Å². The highest BCUT2D eigenvalue weighted by molar-refractivity contribution is 7.89. The van der Waals surface area contributed by atoms with E-state index in [0.29, 0.717) is 19.7 Å². The van der Waals surface area contributed by atoms with Crippen molar-refractivity contribution in [3.8, 4) is 5.75 Å². The Morgan fingerprint density at radius 2 is 1.75 bits per heavy atom. The van der Waals surface area contributed by atoms with Gasteiger partial charge in [-0.2, -0.15) is 4.31 Å². The molecule has 8 heteroatoms. The van der Waals surface area contributed by atoms with Crippen molar-refractivity contribution in [1.29, 1.82) is 0 Å². The van der Waals surface area contributed by atoms with Gasteiger partial charge >= 0.3 is 0 Å². The summed E-state index contributed by atoms with van der Waals surface area (Å²) in [5.74, 6) is 0.312. The highest BCUT2D eigenvalue weighted by Gasteiger charge is 2.26. The van der Waals surface area contributed by atoms with Crippen LogP contribution in [0, 0.1) is 0 Å². The van der Waals surface area contributed by atoms with Gasteiger partial charge < -0.3 is 10.1 Å². The number of sulfonamides is 1. The summed E-state index contributed by atoms with van der Waals surface area (Å²) in [5.41, 5.74) is 1.41. The quantitative estimate of drug-likeness (QED) is 0.531. The standard InChI is InChI=1S/C24H31ClN2O4S/c1-2-7-19-8-10-20(11-9-19)31-17-14-26-24(28)22-18-21(12-13-23(22)25)32(29,30)27-15-5-3-4-6-16-27/h8-13,18H,2-7,14-17H2,1H3,(H,26,28). The molecule has 174 valence electrons. The molecule has 1 aliphatic heterocycles. The molecule has 0 aliphatic carbocycles. The Bertz CT molecular complexity index is 1000. The number of nitrogens with one attached hydrogen (secondary N) is 1. The highest BCUT2D eigenvalue weighted by Crippen LogP contribution is 2.25. The van der Waals surface area contributed by atoms with Crippen molar-refractivity contribution >= 4 is 27.5 Å². The first-order valence-electron chi connectivity index (χ1n) is 11.2. The van der Waals surface area contributed by atoms with Crippen LogP contribution in [-0.4, -0.2) is 44.9 Å². The molecule has 1 amide bonds. The summed E-state index contributed by atoms with van der Waals surface area (Å²) in [4.78, 5) is 12.7. The van der Waals surface area contributed by atoms with Crippen LogP contribution in [-0.2, 0) is 16.4 Å². The molecule has 0 atom stereocenters. The summed E-state index contributed by atoms with van der Waals surface area (Å²) in [7, 11) is -3.66. The first-order valence-corrected chi connectivity index (χ1v) is 13.0. The lowest BCUT2D eigenvalue weighted by atomic mass is 10.1. The summed E-state index contributed by atoms with van der Waals surface area (Å²) in [6, 6.07) is 12.2. The molecule has 0 radical (unpaired) electrons.